The molecule has 1 aliphatic rings. The quantitative estimate of drug-likeness (QED) is 0.625. The second-order valence-electron chi connectivity index (χ2n) is 8.27. The zero-order valence-electron chi connectivity index (χ0n) is 15.5. The molecule has 25 heavy (non-hydrogen) atoms. The summed E-state index contributed by atoms with van der Waals surface area (Å²) in [5.74, 6) is -0.612. The zero-order valence-corrected chi connectivity index (χ0v) is 15.5. The molecule has 0 saturated heterocycles. The molecule has 0 radical (unpaired) electrons. The largest absolute Gasteiger partial charge is 0.505 e. The van der Waals surface area contributed by atoms with Crippen LogP contribution in [0.3, 0.4) is 0 Å². The molecule has 138 valence electrons. The van der Waals surface area contributed by atoms with E-state index >= 15 is 0 Å². The molecule has 1 saturated carbocycles. The maximum atomic E-state index is 12.7. The van der Waals surface area contributed by atoms with Crippen molar-refractivity contribution >= 4 is 17.6 Å². The van der Waals surface area contributed by atoms with Gasteiger partial charge in [0.15, 0.2) is 5.75 Å². The van der Waals surface area contributed by atoms with Gasteiger partial charge in [0.25, 0.3) is 5.91 Å². The Balaban J connectivity index is 2.18. The molecule has 0 spiro atoms. The number of para-hydroxylation sites is 1. The SMILES string of the molecule is CCC1(C)CC(NC(=O)c2cccc(NC(N)=O)c2O)CC(C)(C)C1. The lowest BCUT2D eigenvalue weighted by Crippen LogP contribution is -2.46. The average molecular weight is 347 g/mol. The summed E-state index contributed by atoms with van der Waals surface area (Å²) in [6.45, 7) is 8.91. The third-order valence-electron chi connectivity index (χ3n) is 5.17. The van der Waals surface area contributed by atoms with Gasteiger partial charge in [0.1, 0.15) is 0 Å². The lowest BCUT2D eigenvalue weighted by atomic mass is 9.61. The first-order valence-electron chi connectivity index (χ1n) is 8.74. The van der Waals surface area contributed by atoms with Crippen LogP contribution in [0.1, 0.15) is 63.7 Å². The van der Waals surface area contributed by atoms with Crippen LogP contribution in [0.4, 0.5) is 10.5 Å². The van der Waals surface area contributed by atoms with Crippen molar-refractivity contribution in [2.45, 2.75) is 59.4 Å². The summed E-state index contributed by atoms with van der Waals surface area (Å²) in [7, 11) is 0. The minimum absolute atomic E-state index is 0.0494. The number of carbonyl (C=O) groups excluding carboxylic acids is 2. The molecule has 2 unspecified atom stereocenters. The molecule has 6 heteroatoms. The summed E-state index contributed by atoms with van der Waals surface area (Å²) < 4.78 is 0. The number of anilines is 1. The number of urea groups is 1. The first-order chi connectivity index (χ1) is 11.6. The van der Waals surface area contributed by atoms with Crippen LogP contribution in [0.2, 0.25) is 0 Å². The molecule has 0 aromatic heterocycles. The Morgan fingerprint density at radius 3 is 2.56 bits per heavy atom. The van der Waals surface area contributed by atoms with Gasteiger partial charge in [-0.3, -0.25) is 4.79 Å². The normalized spacial score (nSPS) is 25.2. The second kappa shape index (κ2) is 6.94. The van der Waals surface area contributed by atoms with E-state index in [1.54, 1.807) is 6.07 Å². The number of primary amides is 1. The molecule has 0 heterocycles. The number of hydrogen-bond acceptors (Lipinski definition) is 3. The summed E-state index contributed by atoms with van der Waals surface area (Å²) in [5, 5.41) is 15.6. The van der Waals surface area contributed by atoms with E-state index in [1.165, 1.54) is 12.1 Å². The van der Waals surface area contributed by atoms with Gasteiger partial charge in [0.2, 0.25) is 0 Å². The zero-order chi connectivity index (χ0) is 18.8. The number of nitrogens with one attached hydrogen (secondary N) is 2. The van der Waals surface area contributed by atoms with E-state index in [2.05, 4.69) is 38.3 Å². The number of amides is 3. The molecule has 1 fully saturated rings. The van der Waals surface area contributed by atoms with Crippen molar-refractivity contribution < 1.29 is 14.7 Å². The van der Waals surface area contributed by atoms with E-state index in [0.717, 1.165) is 25.7 Å². The molecule has 1 aromatic carbocycles. The van der Waals surface area contributed by atoms with Crippen molar-refractivity contribution in [2.24, 2.45) is 16.6 Å². The van der Waals surface area contributed by atoms with Gasteiger partial charge in [0.05, 0.1) is 11.3 Å². The molecule has 2 rings (SSSR count). The Morgan fingerprint density at radius 1 is 1.28 bits per heavy atom. The highest BCUT2D eigenvalue weighted by atomic mass is 16.3. The van der Waals surface area contributed by atoms with Gasteiger partial charge in [-0.25, -0.2) is 4.79 Å². The van der Waals surface area contributed by atoms with E-state index in [0.29, 0.717) is 0 Å². The Labute approximate surface area is 149 Å². The Kier molecular flexibility index (Phi) is 5.30. The highest BCUT2D eigenvalue weighted by molar-refractivity contribution is 6.00. The van der Waals surface area contributed by atoms with Crippen molar-refractivity contribution in [3.05, 3.63) is 23.8 Å². The van der Waals surface area contributed by atoms with Crippen molar-refractivity contribution in [3.8, 4) is 5.75 Å². The number of aromatic hydroxyl groups is 1. The molecule has 0 bridgehead atoms. The molecule has 6 nitrogen and oxygen atoms in total. The molecule has 2 atom stereocenters. The molecule has 1 aromatic rings. The molecular formula is C19H29N3O3. The highest BCUT2D eigenvalue weighted by Gasteiger charge is 2.40. The number of nitrogens with two attached hydrogens (primary N) is 1. The molecule has 1 aliphatic carbocycles. The lowest BCUT2D eigenvalue weighted by Gasteiger charge is -2.46. The van der Waals surface area contributed by atoms with Crippen molar-refractivity contribution in [2.75, 3.05) is 5.32 Å². The summed E-state index contributed by atoms with van der Waals surface area (Å²) in [6.07, 6.45) is 4.01. The third kappa shape index (κ3) is 4.65. The minimum atomic E-state index is -0.791. The van der Waals surface area contributed by atoms with E-state index in [-0.39, 0.29) is 39.8 Å². The Morgan fingerprint density at radius 2 is 1.96 bits per heavy atom. The fourth-order valence-corrected chi connectivity index (χ4v) is 4.23. The maximum absolute atomic E-state index is 12.7. The number of hydrogen-bond donors (Lipinski definition) is 4. The van der Waals surface area contributed by atoms with Gasteiger partial charge >= 0.3 is 6.03 Å². The minimum Gasteiger partial charge on any atom is -0.505 e. The van der Waals surface area contributed by atoms with Crippen LogP contribution >= 0.6 is 0 Å². The topological polar surface area (TPSA) is 104 Å². The van der Waals surface area contributed by atoms with E-state index in [4.69, 9.17) is 5.73 Å². The number of rotatable bonds is 4. The second-order valence-corrected chi connectivity index (χ2v) is 8.27. The number of phenols is 1. The predicted octanol–water partition coefficient (Wildman–Crippen LogP) is 3.61. The standard InChI is InChI=1S/C19H29N3O3/c1-5-19(4)10-12(9-18(2,3)11-19)21-16(24)13-7-6-8-14(15(13)23)22-17(20)25/h6-8,12,23H,5,9-11H2,1-4H3,(H,21,24)(H3,20,22,25). The summed E-state index contributed by atoms with van der Waals surface area (Å²) in [4.78, 5) is 23.7. The molecule has 0 aliphatic heterocycles. The van der Waals surface area contributed by atoms with Crippen molar-refractivity contribution in [1.29, 1.82) is 0 Å². The van der Waals surface area contributed by atoms with Crippen LogP contribution in [-0.2, 0) is 0 Å². The van der Waals surface area contributed by atoms with Gasteiger partial charge < -0.3 is 21.5 Å². The van der Waals surface area contributed by atoms with Gasteiger partial charge in [-0.05, 0) is 42.2 Å². The van der Waals surface area contributed by atoms with Crippen molar-refractivity contribution in [3.63, 3.8) is 0 Å². The molecular weight excluding hydrogens is 318 g/mol. The smallest absolute Gasteiger partial charge is 0.316 e. The molecule has 3 amide bonds. The molecule has 5 N–H and O–H groups in total. The van der Waals surface area contributed by atoms with Crippen LogP contribution < -0.4 is 16.4 Å². The summed E-state index contributed by atoms with van der Waals surface area (Å²) in [5.41, 5.74) is 5.68. The van der Waals surface area contributed by atoms with Gasteiger partial charge in [0, 0.05) is 6.04 Å². The van der Waals surface area contributed by atoms with Crippen molar-refractivity contribution in [1.82, 2.24) is 5.32 Å². The fraction of sp³-hybridized carbons (Fsp3) is 0.579. The first-order valence-corrected chi connectivity index (χ1v) is 8.74. The van der Waals surface area contributed by atoms with Crippen LogP contribution in [0.15, 0.2) is 18.2 Å². The van der Waals surface area contributed by atoms with E-state index in [9.17, 15) is 14.7 Å². The van der Waals surface area contributed by atoms with Gasteiger partial charge in [-0.1, -0.05) is 40.2 Å². The summed E-state index contributed by atoms with van der Waals surface area (Å²) >= 11 is 0. The number of phenolic OH excluding ortho intramolecular Hbond substituents is 1. The van der Waals surface area contributed by atoms with Gasteiger partial charge in [-0.15, -0.1) is 0 Å². The van der Waals surface area contributed by atoms with Gasteiger partial charge in [-0.2, -0.15) is 0 Å². The van der Waals surface area contributed by atoms with Crippen LogP contribution in [0, 0.1) is 10.8 Å². The van der Waals surface area contributed by atoms with E-state index < -0.39 is 6.03 Å². The van der Waals surface area contributed by atoms with Crippen LogP contribution in [-0.4, -0.2) is 23.1 Å². The summed E-state index contributed by atoms with van der Waals surface area (Å²) in [6, 6.07) is 3.88. The average Bonchev–Trinajstić information content (AvgIpc) is 2.46. The maximum Gasteiger partial charge on any atom is 0.316 e. The third-order valence-corrected chi connectivity index (χ3v) is 5.17. The van der Waals surface area contributed by atoms with Crippen LogP contribution in [0.5, 0.6) is 5.75 Å². The van der Waals surface area contributed by atoms with E-state index in [1.807, 2.05) is 0 Å². The first kappa shape index (κ1) is 19.1. The predicted molar refractivity (Wildman–Crippen MR) is 98.6 cm³/mol. The highest BCUT2D eigenvalue weighted by Crippen LogP contribution is 2.47. The Bertz CT molecular complexity index is 672. The number of benzene rings is 1. The number of carbonyl (C=O) groups is 2. The fourth-order valence-electron chi connectivity index (χ4n) is 4.23. The Hall–Kier alpha value is -2.24. The monoisotopic (exact) mass is 347 g/mol. The lowest BCUT2D eigenvalue weighted by molar-refractivity contribution is 0.0606. The van der Waals surface area contributed by atoms with Crippen LogP contribution in [0.25, 0.3) is 0 Å².